The first-order valence-electron chi connectivity index (χ1n) is 3.75. The van der Waals surface area contributed by atoms with Gasteiger partial charge in [0.2, 0.25) is 0 Å². The third-order valence-electron chi connectivity index (χ3n) is 2.09. The van der Waals surface area contributed by atoms with Gasteiger partial charge in [-0.25, -0.2) is 0 Å². The largest absolute Gasteiger partial charge is 0.284 e. The standard InChI is InChI=1S/C8H10N2S/c1-6-7-4-2-3-5-10(7)9-8(6)11/h3,5H,2,4H2,1H3,(H,9,11). The first kappa shape index (κ1) is 6.85. The predicted molar refractivity (Wildman–Crippen MR) is 48.0 cm³/mol. The maximum Gasteiger partial charge on any atom is 0.122 e. The summed E-state index contributed by atoms with van der Waals surface area (Å²) in [6.45, 7) is 2.07. The van der Waals surface area contributed by atoms with Crippen molar-refractivity contribution in [2.45, 2.75) is 19.8 Å². The average molecular weight is 166 g/mol. The number of hydrogen-bond acceptors (Lipinski definition) is 1. The number of aromatic amines is 1. The molecule has 0 radical (unpaired) electrons. The lowest BCUT2D eigenvalue weighted by Gasteiger charge is -2.07. The molecule has 0 saturated heterocycles. The molecule has 0 aliphatic carbocycles. The fourth-order valence-corrected chi connectivity index (χ4v) is 1.62. The van der Waals surface area contributed by atoms with E-state index < -0.39 is 0 Å². The van der Waals surface area contributed by atoms with E-state index in [4.69, 9.17) is 12.2 Å². The maximum atomic E-state index is 5.11. The van der Waals surface area contributed by atoms with Crippen molar-refractivity contribution in [1.82, 2.24) is 9.78 Å². The number of hydrogen-bond donors (Lipinski definition) is 1. The summed E-state index contributed by atoms with van der Waals surface area (Å²) < 4.78 is 2.88. The topological polar surface area (TPSA) is 20.7 Å². The molecule has 2 heterocycles. The molecule has 0 saturated carbocycles. The van der Waals surface area contributed by atoms with Crippen molar-refractivity contribution >= 4 is 18.4 Å². The van der Waals surface area contributed by atoms with Crippen LogP contribution < -0.4 is 0 Å². The molecule has 0 spiro atoms. The van der Waals surface area contributed by atoms with Gasteiger partial charge in [-0.1, -0.05) is 18.3 Å². The van der Waals surface area contributed by atoms with Crippen molar-refractivity contribution in [3.63, 3.8) is 0 Å². The van der Waals surface area contributed by atoms with Crippen LogP contribution in [0.3, 0.4) is 0 Å². The minimum atomic E-state index is 0.867. The fourth-order valence-electron chi connectivity index (χ4n) is 1.41. The smallest absolute Gasteiger partial charge is 0.122 e. The van der Waals surface area contributed by atoms with Crippen LogP contribution in [0.4, 0.5) is 0 Å². The molecule has 11 heavy (non-hydrogen) atoms. The molecule has 1 aromatic rings. The molecule has 0 fully saturated rings. The van der Waals surface area contributed by atoms with E-state index in [0.717, 1.165) is 17.5 Å². The molecule has 0 bridgehead atoms. The highest BCUT2D eigenvalue weighted by atomic mass is 32.1. The Kier molecular flexibility index (Phi) is 1.46. The van der Waals surface area contributed by atoms with Crippen LogP contribution in [0.15, 0.2) is 6.08 Å². The molecule has 1 aromatic heterocycles. The molecule has 1 aliphatic heterocycles. The average Bonchev–Trinajstić information content (AvgIpc) is 2.30. The normalized spacial score (nSPS) is 15.0. The lowest BCUT2D eigenvalue weighted by molar-refractivity contribution is 0.794. The van der Waals surface area contributed by atoms with Gasteiger partial charge in [0.15, 0.2) is 0 Å². The summed E-state index contributed by atoms with van der Waals surface area (Å²) >= 11 is 5.11. The second-order valence-corrected chi connectivity index (χ2v) is 3.21. The van der Waals surface area contributed by atoms with Crippen LogP contribution in [0, 0.1) is 11.6 Å². The van der Waals surface area contributed by atoms with Crippen LogP contribution in [0.25, 0.3) is 6.20 Å². The van der Waals surface area contributed by atoms with Gasteiger partial charge in [-0.15, -0.1) is 0 Å². The monoisotopic (exact) mass is 166 g/mol. The first-order valence-corrected chi connectivity index (χ1v) is 4.16. The highest BCUT2D eigenvalue weighted by Gasteiger charge is 2.08. The Bertz CT molecular complexity index is 357. The summed E-state index contributed by atoms with van der Waals surface area (Å²) in [7, 11) is 0. The number of aromatic nitrogens is 2. The van der Waals surface area contributed by atoms with Crippen LogP contribution in [-0.2, 0) is 6.42 Å². The quantitative estimate of drug-likeness (QED) is 0.586. The Morgan fingerprint density at radius 1 is 1.64 bits per heavy atom. The zero-order valence-corrected chi connectivity index (χ0v) is 7.24. The molecule has 0 aromatic carbocycles. The van der Waals surface area contributed by atoms with Crippen molar-refractivity contribution in [3.05, 3.63) is 22.0 Å². The Morgan fingerprint density at radius 3 is 3.18 bits per heavy atom. The summed E-state index contributed by atoms with van der Waals surface area (Å²) in [5.41, 5.74) is 2.56. The Hall–Kier alpha value is -0.830. The van der Waals surface area contributed by atoms with Crippen molar-refractivity contribution in [2.24, 2.45) is 0 Å². The number of nitrogens with zero attached hydrogens (tertiary/aromatic N) is 1. The third kappa shape index (κ3) is 0.959. The zero-order valence-electron chi connectivity index (χ0n) is 6.42. The molecule has 0 amide bonds. The van der Waals surface area contributed by atoms with Gasteiger partial charge < -0.3 is 0 Å². The van der Waals surface area contributed by atoms with E-state index in [-0.39, 0.29) is 0 Å². The molecular formula is C8H10N2S. The third-order valence-corrected chi connectivity index (χ3v) is 2.49. The van der Waals surface area contributed by atoms with Gasteiger partial charge >= 0.3 is 0 Å². The van der Waals surface area contributed by atoms with Crippen LogP contribution in [0.1, 0.15) is 17.7 Å². The van der Waals surface area contributed by atoms with Crippen LogP contribution >= 0.6 is 12.2 Å². The van der Waals surface area contributed by atoms with E-state index in [0.29, 0.717) is 0 Å². The number of fused-ring (bicyclic) bond motifs is 1. The van der Waals surface area contributed by atoms with E-state index >= 15 is 0 Å². The summed E-state index contributed by atoms with van der Waals surface area (Å²) in [4.78, 5) is 0. The zero-order chi connectivity index (χ0) is 7.84. The van der Waals surface area contributed by atoms with Crippen molar-refractivity contribution in [1.29, 1.82) is 0 Å². The molecule has 2 nitrogen and oxygen atoms in total. The number of nitrogens with one attached hydrogen (secondary N) is 1. The highest BCUT2D eigenvalue weighted by Crippen LogP contribution is 2.16. The van der Waals surface area contributed by atoms with E-state index in [9.17, 15) is 0 Å². The van der Waals surface area contributed by atoms with Gasteiger partial charge in [0, 0.05) is 17.5 Å². The van der Waals surface area contributed by atoms with Crippen molar-refractivity contribution in [3.8, 4) is 0 Å². The molecule has 1 N–H and O–H groups in total. The summed E-state index contributed by atoms with van der Waals surface area (Å²) in [6.07, 6.45) is 6.43. The number of rotatable bonds is 0. The summed E-state index contributed by atoms with van der Waals surface area (Å²) in [5, 5.41) is 3.11. The SMILES string of the molecule is Cc1c2n([nH]c1=S)C=CCC2. The van der Waals surface area contributed by atoms with Gasteiger partial charge in [-0.05, 0) is 19.8 Å². The summed E-state index contributed by atoms with van der Waals surface area (Å²) in [6, 6.07) is 0. The van der Waals surface area contributed by atoms with Gasteiger partial charge in [0.05, 0.1) is 0 Å². The molecule has 0 unspecified atom stereocenters. The van der Waals surface area contributed by atoms with Crippen LogP contribution in [0.5, 0.6) is 0 Å². The van der Waals surface area contributed by atoms with Crippen LogP contribution in [0.2, 0.25) is 0 Å². The Morgan fingerprint density at radius 2 is 2.45 bits per heavy atom. The van der Waals surface area contributed by atoms with Crippen molar-refractivity contribution in [2.75, 3.05) is 0 Å². The lowest BCUT2D eigenvalue weighted by Crippen LogP contribution is -2.01. The predicted octanol–water partition coefficient (Wildman–Crippen LogP) is 2.27. The molecule has 0 atom stereocenters. The minimum absolute atomic E-state index is 0.867. The first-order chi connectivity index (χ1) is 5.29. The van der Waals surface area contributed by atoms with E-state index in [1.54, 1.807) is 0 Å². The lowest BCUT2D eigenvalue weighted by atomic mass is 10.1. The molecule has 3 heteroatoms. The molecule has 58 valence electrons. The minimum Gasteiger partial charge on any atom is -0.284 e. The van der Waals surface area contributed by atoms with Gasteiger partial charge in [-0.2, -0.15) is 0 Å². The van der Waals surface area contributed by atoms with Gasteiger partial charge in [-0.3, -0.25) is 9.78 Å². The number of H-pyrrole nitrogens is 1. The van der Waals surface area contributed by atoms with Crippen LogP contribution in [-0.4, -0.2) is 9.78 Å². The van der Waals surface area contributed by atoms with E-state index in [1.165, 1.54) is 11.3 Å². The van der Waals surface area contributed by atoms with Crippen molar-refractivity contribution < 1.29 is 0 Å². The number of allylic oxidation sites excluding steroid dienone is 1. The second kappa shape index (κ2) is 2.34. The molecule has 1 aliphatic rings. The molecule has 2 rings (SSSR count). The molecular weight excluding hydrogens is 156 g/mol. The Labute approximate surface area is 70.5 Å². The van der Waals surface area contributed by atoms with Gasteiger partial charge in [0.1, 0.15) is 4.64 Å². The second-order valence-electron chi connectivity index (χ2n) is 2.81. The fraction of sp³-hybridized carbons (Fsp3) is 0.375. The highest BCUT2D eigenvalue weighted by molar-refractivity contribution is 7.71. The maximum absolute atomic E-state index is 5.11. The van der Waals surface area contributed by atoms with E-state index in [1.807, 2.05) is 10.9 Å². The Balaban J connectivity index is 2.70. The van der Waals surface area contributed by atoms with E-state index in [2.05, 4.69) is 18.1 Å². The summed E-state index contributed by atoms with van der Waals surface area (Å²) in [5.74, 6) is 0. The van der Waals surface area contributed by atoms with Gasteiger partial charge in [0.25, 0.3) is 0 Å².